The molecule has 6 atom stereocenters. The van der Waals surface area contributed by atoms with Crippen LogP contribution in [0.1, 0.15) is 39.0 Å². The first-order chi connectivity index (χ1) is 19.4. The van der Waals surface area contributed by atoms with E-state index in [1.165, 1.54) is 0 Å². The molecule has 0 saturated carbocycles. The minimum atomic E-state index is -0.828. The second kappa shape index (κ2) is 11.7. The fourth-order valence-corrected chi connectivity index (χ4v) is 8.86. The first-order valence-corrected chi connectivity index (χ1v) is 14.9. The Morgan fingerprint density at radius 3 is 2.85 bits per heavy atom. The van der Waals surface area contributed by atoms with E-state index < -0.39 is 28.7 Å². The van der Waals surface area contributed by atoms with Crippen LogP contribution in [-0.2, 0) is 25.8 Å². The highest BCUT2D eigenvalue weighted by molar-refractivity contribution is 8.02. The van der Waals surface area contributed by atoms with Gasteiger partial charge >= 0.3 is 5.97 Å². The molecule has 214 valence electrons. The molecule has 3 aliphatic rings. The molecule has 5 rings (SSSR count). The van der Waals surface area contributed by atoms with E-state index in [-0.39, 0.29) is 49.5 Å². The fraction of sp³-hybridized carbons (Fsp3) is 0.552. The van der Waals surface area contributed by atoms with Crippen LogP contribution in [-0.4, -0.2) is 89.5 Å². The molecule has 11 heteroatoms. The lowest BCUT2D eigenvalue weighted by Crippen LogP contribution is -2.57. The van der Waals surface area contributed by atoms with Crippen LogP contribution in [0.3, 0.4) is 0 Å². The summed E-state index contributed by atoms with van der Waals surface area (Å²) >= 11 is 1.59. The van der Waals surface area contributed by atoms with Crippen LogP contribution in [0, 0.1) is 11.8 Å². The zero-order valence-corrected chi connectivity index (χ0v) is 23.7. The van der Waals surface area contributed by atoms with Gasteiger partial charge in [-0.1, -0.05) is 36.4 Å². The molecule has 0 radical (unpaired) electrons. The van der Waals surface area contributed by atoms with Gasteiger partial charge in [-0.3, -0.25) is 14.4 Å². The summed E-state index contributed by atoms with van der Waals surface area (Å²) in [6.45, 7) is 9.82. The maximum absolute atomic E-state index is 14.5. The average Bonchev–Trinajstić information content (AvgIpc) is 3.71. The first-order valence-electron chi connectivity index (χ1n) is 14.0. The number of fused-ring (bicyclic) bond motifs is 2. The lowest BCUT2D eigenvalue weighted by molar-refractivity contribution is -0.154. The minimum Gasteiger partial charge on any atom is -0.465 e. The Bertz CT molecular complexity index is 1290. The van der Waals surface area contributed by atoms with Crippen LogP contribution in [0.5, 0.6) is 0 Å². The number of unbranched alkanes of at least 4 members (excludes halogenated alkanes) is 1. The summed E-state index contributed by atoms with van der Waals surface area (Å²) in [5.74, 6) is -2.14. The maximum Gasteiger partial charge on any atom is 0.310 e. The molecule has 1 aromatic carbocycles. The van der Waals surface area contributed by atoms with Gasteiger partial charge in [0.25, 0.3) is 0 Å². The summed E-state index contributed by atoms with van der Waals surface area (Å²) < 4.78 is 6.53. The molecule has 2 amide bonds. The molecule has 0 aliphatic carbocycles. The summed E-state index contributed by atoms with van der Waals surface area (Å²) in [5, 5.41) is 18.7. The van der Waals surface area contributed by atoms with Crippen molar-refractivity contribution in [2.24, 2.45) is 11.8 Å². The van der Waals surface area contributed by atoms with Crippen LogP contribution in [0.4, 0.5) is 0 Å². The molecule has 1 aromatic heterocycles. The number of allylic oxidation sites excluding steroid dienone is 1. The Hall–Kier alpha value is -3.18. The van der Waals surface area contributed by atoms with E-state index in [1.807, 2.05) is 31.2 Å². The Kier molecular flexibility index (Phi) is 8.32. The van der Waals surface area contributed by atoms with Crippen LogP contribution >= 0.6 is 11.8 Å². The third-order valence-electron chi connectivity index (χ3n) is 8.50. The summed E-state index contributed by atoms with van der Waals surface area (Å²) in [6, 6.07) is 6.15. The third-order valence-corrected chi connectivity index (χ3v) is 10.5. The van der Waals surface area contributed by atoms with Gasteiger partial charge < -0.3 is 19.6 Å². The van der Waals surface area contributed by atoms with Gasteiger partial charge in [-0.25, -0.2) is 4.68 Å². The average molecular weight is 568 g/mol. The highest BCUT2D eigenvalue weighted by atomic mass is 32.2. The normalized spacial score (nSPS) is 27.6. The Morgan fingerprint density at radius 2 is 2.12 bits per heavy atom. The van der Waals surface area contributed by atoms with Gasteiger partial charge in [-0.2, -0.15) is 0 Å². The van der Waals surface area contributed by atoms with Crippen molar-refractivity contribution in [2.45, 2.75) is 67.8 Å². The number of para-hydroxylation sites is 1. The van der Waals surface area contributed by atoms with E-state index in [4.69, 9.17) is 4.74 Å². The second-order valence-corrected chi connectivity index (χ2v) is 12.3. The molecular weight excluding hydrogens is 530 g/mol. The zero-order chi connectivity index (χ0) is 28.4. The standard InChI is InChI=1S/C29H37N5O5S/c1-4-7-10-16-39-28(38)23-22-13-14-29(40-22)24(23)26(36)34(19(6-3)17-35)25(29)27(37)32(15-5-2)18-33-21-12-9-8-11-20(21)30-31-33/h4-5,8-9,11-12,19,22-25,35H,1-2,6-7,10,13-18H2,3H3/t19-,22-,23+,24-,25?,29?/m0/s1. The molecule has 10 nitrogen and oxygen atoms in total. The van der Waals surface area contributed by atoms with Gasteiger partial charge in [-0.15, -0.1) is 30.0 Å². The van der Waals surface area contributed by atoms with Gasteiger partial charge in [0.05, 0.1) is 41.4 Å². The molecule has 40 heavy (non-hydrogen) atoms. The molecule has 3 aliphatic heterocycles. The number of ether oxygens (including phenoxy) is 1. The Morgan fingerprint density at radius 1 is 1.32 bits per heavy atom. The van der Waals surface area contributed by atoms with Crippen molar-refractivity contribution in [3.8, 4) is 0 Å². The van der Waals surface area contributed by atoms with Crippen molar-refractivity contribution in [3.05, 3.63) is 49.6 Å². The summed E-state index contributed by atoms with van der Waals surface area (Å²) in [6.07, 6.45) is 6.69. The molecule has 4 heterocycles. The molecular formula is C29H37N5O5S. The Balaban J connectivity index is 1.49. The zero-order valence-electron chi connectivity index (χ0n) is 22.9. The number of carbonyl (C=O) groups excluding carboxylic acids is 3. The van der Waals surface area contributed by atoms with Crippen molar-refractivity contribution < 1.29 is 24.2 Å². The number of benzene rings is 1. The van der Waals surface area contributed by atoms with E-state index in [0.717, 1.165) is 23.9 Å². The molecule has 2 bridgehead atoms. The largest absolute Gasteiger partial charge is 0.465 e. The quantitative estimate of drug-likeness (QED) is 0.223. The number of amides is 2. The molecule has 3 fully saturated rings. The number of carbonyl (C=O) groups is 3. The van der Waals surface area contributed by atoms with E-state index in [1.54, 1.807) is 38.4 Å². The fourth-order valence-electron chi connectivity index (χ4n) is 6.67. The minimum absolute atomic E-state index is 0.0837. The Labute approximate surface area is 238 Å². The van der Waals surface area contributed by atoms with E-state index >= 15 is 0 Å². The van der Waals surface area contributed by atoms with E-state index in [2.05, 4.69) is 23.5 Å². The second-order valence-electron chi connectivity index (χ2n) is 10.7. The molecule has 2 unspecified atom stereocenters. The van der Waals surface area contributed by atoms with Gasteiger partial charge in [0.2, 0.25) is 11.8 Å². The van der Waals surface area contributed by atoms with Crippen molar-refractivity contribution in [3.63, 3.8) is 0 Å². The molecule has 1 N–H and O–H groups in total. The van der Waals surface area contributed by atoms with Crippen molar-refractivity contribution in [2.75, 3.05) is 19.8 Å². The van der Waals surface area contributed by atoms with E-state index in [9.17, 15) is 19.5 Å². The lowest BCUT2D eigenvalue weighted by Gasteiger charge is -2.39. The third kappa shape index (κ3) is 4.62. The highest BCUT2D eigenvalue weighted by Crippen LogP contribution is 2.67. The molecule has 2 aromatic rings. The van der Waals surface area contributed by atoms with Crippen molar-refractivity contribution in [1.29, 1.82) is 0 Å². The smallest absolute Gasteiger partial charge is 0.310 e. The topological polar surface area (TPSA) is 118 Å². The number of hydrogen-bond donors (Lipinski definition) is 1. The number of aliphatic hydroxyl groups is 1. The maximum atomic E-state index is 14.5. The number of nitrogens with zero attached hydrogens (tertiary/aromatic N) is 5. The van der Waals surface area contributed by atoms with Gasteiger partial charge in [-0.05, 0) is 44.2 Å². The number of aromatic nitrogens is 3. The van der Waals surface area contributed by atoms with Crippen molar-refractivity contribution >= 4 is 40.6 Å². The number of thioether (sulfide) groups is 1. The SMILES string of the molecule is C=CCCCOC(=O)[C@@H]1[C@@H]2CCC3(S2)C(C(=O)N(CC=C)Cn2nnc4ccccc42)N([C@@H](CC)CO)C(=O)[C@H]13. The van der Waals surface area contributed by atoms with E-state index in [0.29, 0.717) is 19.3 Å². The van der Waals surface area contributed by atoms with Gasteiger partial charge in [0, 0.05) is 11.8 Å². The first kappa shape index (κ1) is 28.4. The van der Waals surface area contributed by atoms with Gasteiger partial charge in [0.1, 0.15) is 18.2 Å². The predicted octanol–water partition coefficient (Wildman–Crippen LogP) is 2.77. The van der Waals surface area contributed by atoms with Crippen LogP contribution < -0.4 is 0 Å². The summed E-state index contributed by atoms with van der Waals surface area (Å²) in [7, 11) is 0. The lowest BCUT2D eigenvalue weighted by atomic mass is 9.71. The number of aliphatic hydroxyl groups excluding tert-OH is 1. The van der Waals surface area contributed by atoms with Crippen LogP contribution in [0.2, 0.25) is 0 Å². The van der Waals surface area contributed by atoms with Crippen molar-refractivity contribution in [1.82, 2.24) is 24.8 Å². The molecule has 3 saturated heterocycles. The number of hydrogen-bond acceptors (Lipinski definition) is 8. The number of likely N-dealkylation sites (tertiary alicyclic amines) is 1. The number of rotatable bonds is 13. The van der Waals surface area contributed by atoms with Crippen LogP contribution in [0.25, 0.3) is 11.0 Å². The monoisotopic (exact) mass is 567 g/mol. The van der Waals surface area contributed by atoms with Crippen LogP contribution in [0.15, 0.2) is 49.6 Å². The molecule has 1 spiro atoms. The summed E-state index contributed by atoms with van der Waals surface area (Å²) in [4.78, 5) is 45.3. The predicted molar refractivity (Wildman–Crippen MR) is 152 cm³/mol. The highest BCUT2D eigenvalue weighted by Gasteiger charge is 2.74. The number of esters is 1. The van der Waals surface area contributed by atoms with Gasteiger partial charge in [0.15, 0.2) is 0 Å². The summed E-state index contributed by atoms with van der Waals surface area (Å²) in [5.41, 5.74) is 1.51.